The molecule has 0 unspecified atom stereocenters. The standard InChI is InChI=1S/C18H22O5/c1-9-13-15(16(19)10(2)23-9)17(21-4)11-7-6-8-12(20-3)14(11)18(13)22-5/h6-10,16,19H,1-5H3/t9-,10-,16-/m1/s1. The van der Waals surface area contributed by atoms with Crippen molar-refractivity contribution in [1.29, 1.82) is 0 Å². The van der Waals surface area contributed by atoms with Crippen molar-refractivity contribution in [3.8, 4) is 17.2 Å². The van der Waals surface area contributed by atoms with Gasteiger partial charge in [-0.05, 0) is 19.9 Å². The van der Waals surface area contributed by atoms with Crippen molar-refractivity contribution in [2.75, 3.05) is 21.3 Å². The molecule has 0 spiro atoms. The topological polar surface area (TPSA) is 57.2 Å². The molecule has 0 aromatic heterocycles. The number of hydrogen-bond donors (Lipinski definition) is 1. The quantitative estimate of drug-likeness (QED) is 0.940. The maximum Gasteiger partial charge on any atom is 0.136 e. The second-order valence-electron chi connectivity index (χ2n) is 5.70. The van der Waals surface area contributed by atoms with Gasteiger partial charge in [-0.3, -0.25) is 0 Å². The van der Waals surface area contributed by atoms with E-state index in [9.17, 15) is 5.11 Å². The molecule has 3 atom stereocenters. The van der Waals surface area contributed by atoms with Gasteiger partial charge in [0.1, 0.15) is 23.4 Å². The normalized spacial score (nSPS) is 23.5. The Balaban J connectivity index is 2.51. The van der Waals surface area contributed by atoms with Crippen LogP contribution in [0.5, 0.6) is 17.2 Å². The van der Waals surface area contributed by atoms with Crippen LogP contribution in [-0.2, 0) is 4.74 Å². The number of fused-ring (bicyclic) bond motifs is 2. The largest absolute Gasteiger partial charge is 0.496 e. The van der Waals surface area contributed by atoms with Gasteiger partial charge in [-0.2, -0.15) is 0 Å². The molecule has 2 aromatic carbocycles. The van der Waals surface area contributed by atoms with Gasteiger partial charge in [-0.15, -0.1) is 0 Å². The molecule has 0 bridgehead atoms. The van der Waals surface area contributed by atoms with Gasteiger partial charge in [0, 0.05) is 16.5 Å². The van der Waals surface area contributed by atoms with Crippen LogP contribution in [0.25, 0.3) is 10.8 Å². The predicted molar refractivity (Wildman–Crippen MR) is 87.5 cm³/mol. The summed E-state index contributed by atoms with van der Waals surface area (Å²) in [6.07, 6.45) is -1.32. The van der Waals surface area contributed by atoms with E-state index < -0.39 is 6.10 Å². The number of rotatable bonds is 3. The first kappa shape index (κ1) is 15.9. The molecule has 1 heterocycles. The van der Waals surface area contributed by atoms with Crippen LogP contribution in [0.2, 0.25) is 0 Å². The number of benzene rings is 2. The fourth-order valence-corrected chi connectivity index (χ4v) is 3.48. The molecule has 2 aromatic rings. The van der Waals surface area contributed by atoms with Crippen LogP contribution in [0.3, 0.4) is 0 Å². The minimum Gasteiger partial charge on any atom is -0.496 e. The zero-order chi connectivity index (χ0) is 16.7. The molecule has 0 aliphatic carbocycles. The average Bonchev–Trinajstić information content (AvgIpc) is 2.56. The second kappa shape index (κ2) is 5.91. The highest BCUT2D eigenvalue weighted by Gasteiger charge is 2.37. The minimum atomic E-state index is -0.777. The summed E-state index contributed by atoms with van der Waals surface area (Å²) in [6, 6.07) is 5.72. The van der Waals surface area contributed by atoms with E-state index in [1.807, 2.05) is 32.0 Å². The summed E-state index contributed by atoms with van der Waals surface area (Å²) in [7, 11) is 4.85. The first-order chi connectivity index (χ1) is 11.0. The molecular formula is C18H22O5. The Hall–Kier alpha value is -1.98. The third kappa shape index (κ3) is 2.23. The lowest BCUT2D eigenvalue weighted by Crippen LogP contribution is -2.28. The molecule has 0 radical (unpaired) electrons. The smallest absolute Gasteiger partial charge is 0.136 e. The van der Waals surface area contributed by atoms with Gasteiger partial charge >= 0.3 is 0 Å². The fourth-order valence-electron chi connectivity index (χ4n) is 3.48. The third-order valence-electron chi connectivity index (χ3n) is 4.47. The lowest BCUT2D eigenvalue weighted by Gasteiger charge is -2.35. The Bertz CT molecular complexity index is 740. The Kier molecular flexibility index (Phi) is 4.08. The number of methoxy groups -OCH3 is 3. The van der Waals surface area contributed by atoms with Crippen LogP contribution in [-0.4, -0.2) is 32.5 Å². The number of ether oxygens (including phenoxy) is 4. The Labute approximate surface area is 135 Å². The molecule has 5 heteroatoms. The summed E-state index contributed by atoms with van der Waals surface area (Å²) in [4.78, 5) is 0. The van der Waals surface area contributed by atoms with Gasteiger partial charge in [-0.25, -0.2) is 0 Å². The fraction of sp³-hybridized carbons (Fsp3) is 0.444. The summed E-state index contributed by atoms with van der Waals surface area (Å²) in [6.45, 7) is 3.80. The minimum absolute atomic E-state index is 0.221. The summed E-state index contributed by atoms with van der Waals surface area (Å²) < 4.78 is 22.7. The summed E-state index contributed by atoms with van der Waals surface area (Å²) in [5, 5.41) is 12.3. The summed E-state index contributed by atoms with van der Waals surface area (Å²) in [5.41, 5.74) is 1.54. The lowest BCUT2D eigenvalue weighted by atomic mass is 9.87. The highest BCUT2D eigenvalue weighted by atomic mass is 16.5. The van der Waals surface area contributed by atoms with E-state index in [0.717, 1.165) is 21.9 Å². The van der Waals surface area contributed by atoms with Gasteiger partial charge in [0.05, 0.1) is 38.9 Å². The summed E-state index contributed by atoms with van der Waals surface area (Å²) in [5.74, 6) is 2.00. The second-order valence-corrected chi connectivity index (χ2v) is 5.70. The molecule has 1 N–H and O–H groups in total. The van der Waals surface area contributed by atoms with Crippen molar-refractivity contribution < 1.29 is 24.1 Å². The van der Waals surface area contributed by atoms with Crippen molar-refractivity contribution in [3.63, 3.8) is 0 Å². The van der Waals surface area contributed by atoms with E-state index in [1.165, 1.54) is 0 Å². The number of aliphatic hydroxyl groups is 1. The Morgan fingerprint density at radius 1 is 0.957 bits per heavy atom. The van der Waals surface area contributed by atoms with E-state index in [4.69, 9.17) is 18.9 Å². The monoisotopic (exact) mass is 318 g/mol. The molecule has 0 fully saturated rings. The van der Waals surface area contributed by atoms with Gasteiger partial charge in [0.25, 0.3) is 0 Å². The van der Waals surface area contributed by atoms with Gasteiger partial charge < -0.3 is 24.1 Å². The van der Waals surface area contributed by atoms with Gasteiger partial charge in [-0.1, -0.05) is 12.1 Å². The SMILES string of the molecule is COc1c2c(c(OC)c3c(OC)cccc13)[C@@H](C)O[C@H](C)[C@H]2O. The van der Waals surface area contributed by atoms with Crippen LogP contribution < -0.4 is 14.2 Å². The summed E-state index contributed by atoms with van der Waals surface area (Å²) >= 11 is 0. The highest BCUT2D eigenvalue weighted by Crippen LogP contribution is 2.52. The van der Waals surface area contributed by atoms with E-state index in [-0.39, 0.29) is 12.2 Å². The molecule has 1 aliphatic heterocycles. The maximum atomic E-state index is 10.7. The zero-order valence-electron chi connectivity index (χ0n) is 14.0. The average molecular weight is 318 g/mol. The van der Waals surface area contributed by atoms with Crippen LogP contribution in [0.15, 0.2) is 18.2 Å². The Morgan fingerprint density at radius 2 is 1.65 bits per heavy atom. The van der Waals surface area contributed by atoms with E-state index in [0.29, 0.717) is 17.2 Å². The molecule has 23 heavy (non-hydrogen) atoms. The third-order valence-corrected chi connectivity index (χ3v) is 4.47. The van der Waals surface area contributed by atoms with Gasteiger partial charge in [0.2, 0.25) is 0 Å². The predicted octanol–water partition coefficient (Wildman–Crippen LogP) is 3.38. The Morgan fingerprint density at radius 3 is 2.26 bits per heavy atom. The maximum absolute atomic E-state index is 10.7. The van der Waals surface area contributed by atoms with Gasteiger partial charge in [0.15, 0.2) is 0 Å². The van der Waals surface area contributed by atoms with E-state index in [2.05, 4.69) is 0 Å². The molecule has 0 amide bonds. The lowest BCUT2D eigenvalue weighted by molar-refractivity contribution is -0.0823. The van der Waals surface area contributed by atoms with E-state index >= 15 is 0 Å². The highest BCUT2D eigenvalue weighted by molar-refractivity contribution is 6.00. The number of aliphatic hydroxyl groups excluding tert-OH is 1. The van der Waals surface area contributed by atoms with Crippen molar-refractivity contribution >= 4 is 10.8 Å². The van der Waals surface area contributed by atoms with Crippen molar-refractivity contribution in [2.24, 2.45) is 0 Å². The molecule has 124 valence electrons. The number of hydrogen-bond acceptors (Lipinski definition) is 5. The van der Waals surface area contributed by atoms with Crippen LogP contribution in [0.1, 0.15) is 37.2 Å². The van der Waals surface area contributed by atoms with Crippen LogP contribution in [0, 0.1) is 0 Å². The van der Waals surface area contributed by atoms with E-state index in [1.54, 1.807) is 21.3 Å². The molecule has 1 aliphatic rings. The molecule has 0 saturated carbocycles. The van der Waals surface area contributed by atoms with Crippen molar-refractivity contribution in [2.45, 2.75) is 32.2 Å². The van der Waals surface area contributed by atoms with Crippen LogP contribution in [0.4, 0.5) is 0 Å². The van der Waals surface area contributed by atoms with Crippen molar-refractivity contribution in [1.82, 2.24) is 0 Å². The molecule has 3 rings (SSSR count). The molecule has 0 saturated heterocycles. The van der Waals surface area contributed by atoms with Crippen molar-refractivity contribution in [3.05, 3.63) is 29.3 Å². The molecular weight excluding hydrogens is 296 g/mol. The zero-order valence-corrected chi connectivity index (χ0v) is 14.0. The first-order valence-corrected chi connectivity index (χ1v) is 7.63. The molecule has 5 nitrogen and oxygen atoms in total. The first-order valence-electron chi connectivity index (χ1n) is 7.63. The van der Waals surface area contributed by atoms with Crippen LogP contribution >= 0.6 is 0 Å².